The number of hydrogen-bond donors (Lipinski definition) is 3. The summed E-state index contributed by atoms with van der Waals surface area (Å²) in [5.41, 5.74) is 2.96. The van der Waals surface area contributed by atoms with Crippen LogP contribution in [0.3, 0.4) is 0 Å². The molecule has 0 saturated heterocycles. The third-order valence-corrected chi connectivity index (χ3v) is 3.02. The summed E-state index contributed by atoms with van der Waals surface area (Å²) in [5.74, 6) is -1.02. The van der Waals surface area contributed by atoms with Crippen LogP contribution in [-0.2, 0) is 6.54 Å². The molecule has 0 spiro atoms. The van der Waals surface area contributed by atoms with Crippen molar-refractivity contribution in [3.8, 4) is 6.07 Å². The molecule has 5 nitrogen and oxygen atoms in total. The second kappa shape index (κ2) is 6.35. The first-order valence-corrected chi connectivity index (χ1v) is 6.25. The predicted octanol–water partition coefficient (Wildman–Crippen LogP) is 2.87. The molecule has 0 unspecified atom stereocenters. The molecule has 0 radical (unpaired) electrons. The summed E-state index contributed by atoms with van der Waals surface area (Å²) in [5, 5.41) is 28.2. The van der Waals surface area contributed by atoms with Crippen molar-refractivity contribution >= 4 is 17.9 Å². The van der Waals surface area contributed by atoms with Crippen LogP contribution in [0.25, 0.3) is 0 Å². The quantitative estimate of drug-likeness (QED) is 0.733. The molecule has 2 aromatic rings. The Kier molecular flexibility index (Phi) is 4.32. The zero-order valence-electron chi connectivity index (χ0n) is 11.1. The topological polar surface area (TPSA) is 97.0 Å². The normalized spacial score (nSPS) is 9.67. The minimum absolute atomic E-state index is 0.150. The van der Waals surface area contributed by atoms with Gasteiger partial charge in [0.15, 0.2) is 0 Å². The fourth-order valence-electron chi connectivity index (χ4n) is 1.87. The highest BCUT2D eigenvalue weighted by atomic mass is 16.4. The molecule has 0 saturated carbocycles. The predicted molar refractivity (Wildman–Crippen MR) is 79.8 cm³/mol. The van der Waals surface area contributed by atoms with Crippen LogP contribution in [0.2, 0.25) is 0 Å². The summed E-state index contributed by atoms with van der Waals surface area (Å²) in [7, 11) is 0. The van der Waals surface area contributed by atoms with E-state index in [-0.39, 0.29) is 5.56 Å². The molecule has 0 aliphatic rings. The second-order valence-electron chi connectivity index (χ2n) is 4.41. The summed E-state index contributed by atoms with van der Waals surface area (Å²) in [6.07, 6.45) is 1.12. The van der Waals surface area contributed by atoms with E-state index in [1.807, 2.05) is 12.1 Å². The fourth-order valence-corrected chi connectivity index (χ4v) is 1.87. The summed E-state index contributed by atoms with van der Waals surface area (Å²) < 4.78 is 0. The van der Waals surface area contributed by atoms with Gasteiger partial charge in [-0.25, -0.2) is 4.79 Å². The Bertz CT molecular complexity index is 715. The summed E-state index contributed by atoms with van der Waals surface area (Å²) >= 11 is 0. The molecule has 2 aromatic carbocycles. The molecular formula is C16H13N3O2. The Hall–Kier alpha value is -3.13. The number of hydrogen-bond acceptors (Lipinski definition) is 4. The van der Waals surface area contributed by atoms with Gasteiger partial charge in [0.25, 0.3) is 0 Å². The van der Waals surface area contributed by atoms with Crippen molar-refractivity contribution in [1.29, 1.82) is 10.7 Å². The van der Waals surface area contributed by atoms with Crippen molar-refractivity contribution in [2.45, 2.75) is 6.54 Å². The highest BCUT2D eigenvalue weighted by molar-refractivity contribution is 5.93. The van der Waals surface area contributed by atoms with Crippen molar-refractivity contribution in [2.24, 2.45) is 0 Å². The minimum Gasteiger partial charge on any atom is -0.478 e. The monoisotopic (exact) mass is 279 g/mol. The number of nitriles is 1. The van der Waals surface area contributed by atoms with Crippen LogP contribution in [0.15, 0.2) is 42.5 Å². The molecule has 0 aromatic heterocycles. The van der Waals surface area contributed by atoms with Crippen LogP contribution in [0, 0.1) is 16.7 Å². The van der Waals surface area contributed by atoms with Gasteiger partial charge in [-0.3, -0.25) is 0 Å². The van der Waals surface area contributed by atoms with E-state index in [0.717, 1.165) is 11.8 Å². The summed E-state index contributed by atoms with van der Waals surface area (Å²) in [6, 6.07) is 13.8. The molecule has 0 aliphatic heterocycles. The van der Waals surface area contributed by atoms with Gasteiger partial charge in [0.1, 0.15) is 0 Å². The molecule has 0 atom stereocenters. The average Bonchev–Trinajstić information content (AvgIpc) is 2.53. The number of carbonyl (C=O) groups is 1. The lowest BCUT2D eigenvalue weighted by molar-refractivity contribution is 0.0697. The Morgan fingerprint density at radius 1 is 1.29 bits per heavy atom. The van der Waals surface area contributed by atoms with Crippen LogP contribution in [0.1, 0.15) is 27.0 Å². The smallest absolute Gasteiger partial charge is 0.335 e. The molecule has 21 heavy (non-hydrogen) atoms. The zero-order valence-corrected chi connectivity index (χ0v) is 11.1. The third-order valence-electron chi connectivity index (χ3n) is 3.02. The van der Waals surface area contributed by atoms with Gasteiger partial charge >= 0.3 is 5.97 Å². The molecule has 0 aliphatic carbocycles. The standard InChI is InChI=1S/C16H13N3O2/c17-8-11-1-3-12(4-2-11)10-19-15-6-5-13(16(20)21)7-14(15)9-18/h1-7,9,18-19H,10H2,(H,20,21). The van der Waals surface area contributed by atoms with E-state index in [2.05, 4.69) is 11.4 Å². The maximum absolute atomic E-state index is 10.9. The Labute approximate surface area is 122 Å². The lowest BCUT2D eigenvalue weighted by atomic mass is 10.1. The van der Waals surface area contributed by atoms with Crippen LogP contribution in [0.4, 0.5) is 5.69 Å². The SMILES string of the molecule is N#Cc1ccc(CNc2ccc(C(=O)O)cc2C=N)cc1. The molecule has 2 rings (SSSR count). The lowest BCUT2D eigenvalue weighted by Crippen LogP contribution is -2.04. The van der Waals surface area contributed by atoms with E-state index in [1.54, 1.807) is 18.2 Å². The fraction of sp³-hybridized carbons (Fsp3) is 0.0625. The summed E-state index contributed by atoms with van der Waals surface area (Å²) in [4.78, 5) is 10.9. The van der Waals surface area contributed by atoms with Gasteiger partial charge in [0.05, 0.1) is 17.2 Å². The molecule has 104 valence electrons. The van der Waals surface area contributed by atoms with Crippen molar-refractivity contribution < 1.29 is 9.90 Å². The lowest BCUT2D eigenvalue weighted by Gasteiger charge is -2.10. The van der Waals surface area contributed by atoms with Gasteiger partial charge in [0, 0.05) is 24.0 Å². The van der Waals surface area contributed by atoms with Gasteiger partial charge in [-0.1, -0.05) is 12.1 Å². The first kappa shape index (κ1) is 14.3. The molecule has 5 heteroatoms. The van der Waals surface area contributed by atoms with E-state index in [0.29, 0.717) is 23.4 Å². The number of benzene rings is 2. The highest BCUT2D eigenvalue weighted by Crippen LogP contribution is 2.17. The number of nitrogens with one attached hydrogen (secondary N) is 2. The van der Waals surface area contributed by atoms with E-state index < -0.39 is 5.97 Å². The largest absolute Gasteiger partial charge is 0.478 e. The Morgan fingerprint density at radius 2 is 2.00 bits per heavy atom. The number of aromatic carboxylic acids is 1. The molecule has 0 bridgehead atoms. The number of carboxylic acids is 1. The van der Waals surface area contributed by atoms with Gasteiger partial charge < -0.3 is 15.8 Å². The maximum atomic E-state index is 10.9. The highest BCUT2D eigenvalue weighted by Gasteiger charge is 2.07. The van der Waals surface area contributed by atoms with Crippen LogP contribution >= 0.6 is 0 Å². The van der Waals surface area contributed by atoms with Gasteiger partial charge in [0.2, 0.25) is 0 Å². The molecule has 0 fully saturated rings. The van der Waals surface area contributed by atoms with E-state index in [1.165, 1.54) is 12.1 Å². The summed E-state index contributed by atoms with van der Waals surface area (Å²) in [6.45, 7) is 0.527. The average molecular weight is 279 g/mol. The molecule has 3 N–H and O–H groups in total. The van der Waals surface area contributed by atoms with Crippen molar-refractivity contribution in [2.75, 3.05) is 5.32 Å². The van der Waals surface area contributed by atoms with Crippen LogP contribution in [-0.4, -0.2) is 17.3 Å². The third kappa shape index (κ3) is 3.45. The minimum atomic E-state index is -1.02. The Morgan fingerprint density at radius 3 is 2.57 bits per heavy atom. The van der Waals surface area contributed by atoms with Crippen molar-refractivity contribution in [3.63, 3.8) is 0 Å². The van der Waals surface area contributed by atoms with Gasteiger partial charge in [-0.2, -0.15) is 5.26 Å². The van der Waals surface area contributed by atoms with Crippen molar-refractivity contribution in [1.82, 2.24) is 0 Å². The first-order chi connectivity index (χ1) is 10.1. The van der Waals surface area contributed by atoms with Crippen LogP contribution < -0.4 is 5.32 Å². The Balaban J connectivity index is 2.13. The van der Waals surface area contributed by atoms with E-state index >= 15 is 0 Å². The van der Waals surface area contributed by atoms with Crippen molar-refractivity contribution in [3.05, 3.63) is 64.7 Å². The van der Waals surface area contributed by atoms with E-state index in [9.17, 15) is 4.79 Å². The molecule has 0 amide bonds. The van der Waals surface area contributed by atoms with E-state index in [4.69, 9.17) is 15.8 Å². The molecule has 0 heterocycles. The maximum Gasteiger partial charge on any atom is 0.335 e. The number of rotatable bonds is 5. The second-order valence-corrected chi connectivity index (χ2v) is 4.41. The number of carboxylic acid groups (broad SMARTS) is 1. The number of anilines is 1. The van der Waals surface area contributed by atoms with Crippen LogP contribution in [0.5, 0.6) is 0 Å². The molecular weight excluding hydrogens is 266 g/mol. The zero-order chi connectivity index (χ0) is 15.2. The van der Waals surface area contributed by atoms with Gasteiger partial charge in [-0.05, 0) is 35.9 Å². The number of nitrogens with zero attached hydrogens (tertiary/aromatic N) is 1. The first-order valence-electron chi connectivity index (χ1n) is 6.25. The van der Waals surface area contributed by atoms with Gasteiger partial charge in [-0.15, -0.1) is 0 Å².